The summed E-state index contributed by atoms with van der Waals surface area (Å²) in [6, 6.07) is 7.18. The number of benzene rings is 1. The molecule has 1 heterocycles. The lowest BCUT2D eigenvalue weighted by Crippen LogP contribution is -2.35. The molecule has 1 fully saturated rings. The Balaban J connectivity index is 2.22. The molecule has 0 radical (unpaired) electrons. The van der Waals surface area contributed by atoms with Crippen LogP contribution in [-0.2, 0) is 9.53 Å². The van der Waals surface area contributed by atoms with Crippen LogP contribution in [0.1, 0.15) is 32.3 Å². The number of carboxylic acids is 1. The Hall–Kier alpha value is -2.24. The summed E-state index contributed by atoms with van der Waals surface area (Å²) in [5, 5.41) is 9.45. The van der Waals surface area contributed by atoms with Crippen molar-refractivity contribution >= 4 is 17.7 Å². The predicted octanol–water partition coefficient (Wildman–Crippen LogP) is 2.30. The minimum absolute atomic E-state index is 0.128. The Morgan fingerprint density at radius 3 is 2.45 bits per heavy atom. The number of nitrogens with two attached hydrogens (primary N) is 1. The van der Waals surface area contributed by atoms with Gasteiger partial charge in [0.15, 0.2) is 0 Å². The van der Waals surface area contributed by atoms with Crippen molar-refractivity contribution in [3.63, 3.8) is 0 Å². The van der Waals surface area contributed by atoms with Crippen LogP contribution in [0.3, 0.4) is 0 Å². The maximum Gasteiger partial charge on any atom is 0.410 e. The van der Waals surface area contributed by atoms with E-state index in [1.165, 1.54) is 4.90 Å². The first kappa shape index (κ1) is 16.1. The highest BCUT2D eigenvalue weighted by atomic mass is 16.6. The second kappa shape index (κ2) is 5.87. The Morgan fingerprint density at radius 2 is 1.91 bits per heavy atom. The fourth-order valence-electron chi connectivity index (χ4n) is 2.69. The van der Waals surface area contributed by atoms with E-state index in [1.54, 1.807) is 32.9 Å². The monoisotopic (exact) mass is 306 g/mol. The summed E-state index contributed by atoms with van der Waals surface area (Å²) in [5.41, 5.74) is 6.66. The van der Waals surface area contributed by atoms with E-state index in [-0.39, 0.29) is 12.5 Å². The molecule has 1 saturated heterocycles. The third-order valence-corrected chi connectivity index (χ3v) is 3.68. The van der Waals surface area contributed by atoms with Crippen molar-refractivity contribution in [2.45, 2.75) is 32.3 Å². The van der Waals surface area contributed by atoms with Crippen molar-refractivity contribution < 1.29 is 19.4 Å². The van der Waals surface area contributed by atoms with Crippen molar-refractivity contribution in [2.75, 3.05) is 18.8 Å². The first-order valence-electron chi connectivity index (χ1n) is 7.24. The summed E-state index contributed by atoms with van der Waals surface area (Å²) in [7, 11) is 0. The summed E-state index contributed by atoms with van der Waals surface area (Å²) in [4.78, 5) is 25.1. The van der Waals surface area contributed by atoms with E-state index in [9.17, 15) is 14.7 Å². The number of nitrogen functional groups attached to an aromatic ring is 1. The largest absolute Gasteiger partial charge is 0.481 e. The fourth-order valence-corrected chi connectivity index (χ4v) is 2.69. The van der Waals surface area contributed by atoms with Crippen molar-refractivity contribution in [2.24, 2.45) is 5.92 Å². The zero-order chi connectivity index (χ0) is 16.5. The minimum atomic E-state index is -0.931. The number of carboxylic acid groups (broad SMARTS) is 1. The van der Waals surface area contributed by atoms with E-state index in [0.29, 0.717) is 12.2 Å². The molecule has 3 N–H and O–H groups in total. The van der Waals surface area contributed by atoms with Crippen LogP contribution in [0.2, 0.25) is 0 Å². The van der Waals surface area contributed by atoms with E-state index < -0.39 is 23.6 Å². The maximum absolute atomic E-state index is 12.2. The number of hydrogen-bond donors (Lipinski definition) is 2. The Labute approximate surface area is 129 Å². The number of carbonyl (C=O) groups excluding carboxylic acids is 1. The van der Waals surface area contributed by atoms with Crippen LogP contribution in [0.15, 0.2) is 24.3 Å². The Bertz CT molecular complexity index is 580. The summed E-state index contributed by atoms with van der Waals surface area (Å²) in [6.07, 6.45) is -0.490. The molecule has 2 rings (SSSR count). The number of likely N-dealkylation sites (tertiary alicyclic amines) is 1. The highest BCUT2D eigenvalue weighted by Gasteiger charge is 2.42. The zero-order valence-corrected chi connectivity index (χ0v) is 13.1. The predicted molar refractivity (Wildman–Crippen MR) is 82.5 cm³/mol. The van der Waals surface area contributed by atoms with Gasteiger partial charge in [0, 0.05) is 24.7 Å². The number of anilines is 1. The molecule has 6 nitrogen and oxygen atoms in total. The number of amides is 1. The molecule has 0 spiro atoms. The second-order valence-corrected chi connectivity index (χ2v) is 6.57. The average Bonchev–Trinajstić information content (AvgIpc) is 2.82. The summed E-state index contributed by atoms with van der Waals surface area (Å²) >= 11 is 0. The number of hydrogen-bond acceptors (Lipinski definition) is 4. The van der Waals surface area contributed by atoms with Gasteiger partial charge in [-0.25, -0.2) is 4.79 Å². The number of rotatable bonds is 2. The van der Waals surface area contributed by atoms with Gasteiger partial charge in [-0.3, -0.25) is 4.79 Å². The van der Waals surface area contributed by atoms with Gasteiger partial charge in [-0.1, -0.05) is 18.2 Å². The number of aliphatic carboxylic acids is 1. The Morgan fingerprint density at radius 1 is 1.27 bits per heavy atom. The maximum atomic E-state index is 12.2. The van der Waals surface area contributed by atoms with Gasteiger partial charge in [0.05, 0.1) is 5.92 Å². The van der Waals surface area contributed by atoms with Gasteiger partial charge in [-0.15, -0.1) is 0 Å². The quantitative estimate of drug-likeness (QED) is 0.818. The highest BCUT2D eigenvalue weighted by molar-refractivity contribution is 5.76. The fraction of sp³-hybridized carbons (Fsp3) is 0.500. The molecule has 1 aromatic carbocycles. The third-order valence-electron chi connectivity index (χ3n) is 3.68. The van der Waals surface area contributed by atoms with Gasteiger partial charge in [-0.2, -0.15) is 0 Å². The van der Waals surface area contributed by atoms with Gasteiger partial charge in [0.25, 0.3) is 0 Å². The number of para-hydroxylation sites is 1. The molecule has 0 aromatic heterocycles. The molecule has 1 amide bonds. The first-order chi connectivity index (χ1) is 10.2. The smallest absolute Gasteiger partial charge is 0.410 e. The van der Waals surface area contributed by atoms with Crippen molar-refractivity contribution in [1.82, 2.24) is 4.90 Å². The van der Waals surface area contributed by atoms with Gasteiger partial charge in [-0.05, 0) is 32.4 Å². The van der Waals surface area contributed by atoms with E-state index in [2.05, 4.69) is 0 Å². The van der Waals surface area contributed by atoms with E-state index in [1.807, 2.05) is 12.1 Å². The summed E-state index contributed by atoms with van der Waals surface area (Å²) < 4.78 is 5.33. The number of ether oxygens (including phenoxy) is 1. The molecular formula is C16H22N2O4. The van der Waals surface area contributed by atoms with Crippen LogP contribution in [0, 0.1) is 5.92 Å². The molecule has 6 heteroatoms. The van der Waals surface area contributed by atoms with E-state index >= 15 is 0 Å². The lowest BCUT2D eigenvalue weighted by molar-refractivity contribution is -0.141. The molecule has 120 valence electrons. The van der Waals surface area contributed by atoms with Gasteiger partial charge in [0.1, 0.15) is 5.60 Å². The molecule has 0 aliphatic carbocycles. The lowest BCUT2D eigenvalue weighted by Gasteiger charge is -2.24. The van der Waals surface area contributed by atoms with Crippen LogP contribution in [0.5, 0.6) is 0 Å². The van der Waals surface area contributed by atoms with Gasteiger partial charge >= 0.3 is 12.1 Å². The highest BCUT2D eigenvalue weighted by Crippen LogP contribution is 2.36. The number of nitrogens with zero attached hydrogens (tertiary/aromatic N) is 1. The SMILES string of the molecule is CC(C)(C)OC(=O)N1C[C@H](C(=O)O)[C@@H](c2ccccc2N)C1. The van der Waals surface area contributed by atoms with Crippen molar-refractivity contribution in [3.8, 4) is 0 Å². The topological polar surface area (TPSA) is 92.9 Å². The van der Waals surface area contributed by atoms with Crippen LogP contribution < -0.4 is 5.73 Å². The van der Waals surface area contributed by atoms with Crippen LogP contribution in [-0.4, -0.2) is 40.8 Å². The molecule has 0 saturated carbocycles. The normalized spacial score (nSPS) is 21.7. The number of carbonyl (C=O) groups is 2. The van der Waals surface area contributed by atoms with Crippen LogP contribution >= 0.6 is 0 Å². The third kappa shape index (κ3) is 3.50. The van der Waals surface area contributed by atoms with Crippen LogP contribution in [0.4, 0.5) is 10.5 Å². The van der Waals surface area contributed by atoms with Crippen molar-refractivity contribution in [3.05, 3.63) is 29.8 Å². The zero-order valence-electron chi connectivity index (χ0n) is 13.1. The first-order valence-corrected chi connectivity index (χ1v) is 7.24. The molecule has 0 unspecified atom stereocenters. The molecule has 22 heavy (non-hydrogen) atoms. The van der Waals surface area contributed by atoms with Gasteiger partial charge in [0.2, 0.25) is 0 Å². The molecule has 0 bridgehead atoms. The minimum Gasteiger partial charge on any atom is -0.481 e. The van der Waals surface area contributed by atoms with Crippen LogP contribution in [0.25, 0.3) is 0 Å². The standard InChI is InChI=1S/C16H22N2O4/c1-16(2,3)22-15(21)18-8-11(12(9-18)14(19)20)10-6-4-5-7-13(10)17/h4-7,11-12H,8-9,17H2,1-3H3,(H,19,20)/t11-,12+/m1/s1. The lowest BCUT2D eigenvalue weighted by atomic mass is 9.88. The van der Waals surface area contributed by atoms with Crippen molar-refractivity contribution in [1.29, 1.82) is 0 Å². The molecular weight excluding hydrogens is 284 g/mol. The second-order valence-electron chi connectivity index (χ2n) is 6.57. The van der Waals surface area contributed by atoms with E-state index in [0.717, 1.165) is 5.56 Å². The van der Waals surface area contributed by atoms with Gasteiger partial charge < -0.3 is 20.5 Å². The summed E-state index contributed by atoms with van der Waals surface area (Å²) in [6.45, 7) is 5.76. The van der Waals surface area contributed by atoms with E-state index in [4.69, 9.17) is 10.5 Å². The Kier molecular flexibility index (Phi) is 4.30. The molecule has 1 aliphatic rings. The molecule has 1 aromatic rings. The average molecular weight is 306 g/mol. The molecule has 2 atom stereocenters. The summed E-state index contributed by atoms with van der Waals surface area (Å²) in [5.74, 6) is -1.94. The molecule has 1 aliphatic heterocycles.